The number of fused-ring (bicyclic) bond motifs is 2. The molecule has 5 rings (SSSR count). The van der Waals surface area contributed by atoms with Crippen molar-refractivity contribution in [2.45, 2.75) is 39.0 Å². The summed E-state index contributed by atoms with van der Waals surface area (Å²) in [5.74, 6) is 1.95. The van der Waals surface area contributed by atoms with Crippen molar-refractivity contribution in [3.63, 3.8) is 0 Å². The standard InChI is InChI=1S/C20H23N5O3/c1-11-9-26-7-6-25(11)19-14-10-27-20(2,3)16(14)22-18(23-19)12-4-5-13-15(8-12)28-24-17(13)21/h4-5,8,11H,6-7,9-10H2,1-3H3,(H2,21,24)/t11-/m0/s1. The second-order valence-corrected chi connectivity index (χ2v) is 7.89. The summed E-state index contributed by atoms with van der Waals surface area (Å²) >= 11 is 0. The summed E-state index contributed by atoms with van der Waals surface area (Å²) in [7, 11) is 0. The summed E-state index contributed by atoms with van der Waals surface area (Å²) in [4.78, 5) is 12.1. The van der Waals surface area contributed by atoms with Crippen LogP contribution in [0.25, 0.3) is 22.4 Å². The van der Waals surface area contributed by atoms with Crippen LogP contribution in [0.4, 0.5) is 11.6 Å². The first-order valence-corrected chi connectivity index (χ1v) is 9.49. The van der Waals surface area contributed by atoms with Gasteiger partial charge in [-0.25, -0.2) is 9.97 Å². The molecular weight excluding hydrogens is 358 g/mol. The number of rotatable bonds is 2. The predicted octanol–water partition coefficient (Wildman–Crippen LogP) is 2.86. The van der Waals surface area contributed by atoms with Crippen LogP contribution in [0.15, 0.2) is 22.7 Å². The van der Waals surface area contributed by atoms with Crippen molar-refractivity contribution in [3.8, 4) is 11.4 Å². The molecule has 2 aliphatic rings. The van der Waals surface area contributed by atoms with Gasteiger partial charge >= 0.3 is 0 Å². The van der Waals surface area contributed by atoms with E-state index >= 15 is 0 Å². The second kappa shape index (κ2) is 6.15. The Kier molecular flexibility index (Phi) is 3.82. The Morgan fingerprint density at radius 2 is 2.11 bits per heavy atom. The summed E-state index contributed by atoms with van der Waals surface area (Å²) < 4.78 is 17.0. The third kappa shape index (κ3) is 2.63. The van der Waals surface area contributed by atoms with Gasteiger partial charge in [-0.2, -0.15) is 0 Å². The quantitative estimate of drug-likeness (QED) is 0.723. The Morgan fingerprint density at radius 1 is 1.25 bits per heavy atom. The molecular formula is C20H23N5O3. The SMILES string of the molecule is C[C@H]1COCCN1c1nc(-c2ccc3c(N)noc3c2)nc2c1COC2(C)C. The number of hydrogen-bond acceptors (Lipinski definition) is 8. The van der Waals surface area contributed by atoms with Crippen LogP contribution in [0.1, 0.15) is 32.0 Å². The Bertz CT molecular complexity index is 1060. The van der Waals surface area contributed by atoms with E-state index in [9.17, 15) is 0 Å². The van der Waals surface area contributed by atoms with Gasteiger partial charge < -0.3 is 24.6 Å². The molecule has 2 aromatic heterocycles. The van der Waals surface area contributed by atoms with Gasteiger partial charge in [-0.05, 0) is 32.9 Å². The molecule has 4 heterocycles. The van der Waals surface area contributed by atoms with E-state index in [2.05, 4.69) is 17.0 Å². The second-order valence-electron chi connectivity index (χ2n) is 7.89. The molecule has 0 bridgehead atoms. The average molecular weight is 381 g/mol. The molecule has 0 amide bonds. The van der Waals surface area contributed by atoms with Crippen LogP contribution in [-0.4, -0.2) is 40.9 Å². The first kappa shape index (κ1) is 17.4. The number of aromatic nitrogens is 3. The van der Waals surface area contributed by atoms with E-state index in [1.807, 2.05) is 32.0 Å². The lowest BCUT2D eigenvalue weighted by atomic mass is 10.0. The van der Waals surface area contributed by atoms with Gasteiger partial charge in [0, 0.05) is 17.7 Å². The van der Waals surface area contributed by atoms with Gasteiger partial charge in [-0.15, -0.1) is 0 Å². The first-order chi connectivity index (χ1) is 13.4. The molecule has 8 nitrogen and oxygen atoms in total. The Morgan fingerprint density at radius 3 is 2.93 bits per heavy atom. The minimum Gasteiger partial charge on any atom is -0.380 e. The molecule has 1 atom stereocenters. The van der Waals surface area contributed by atoms with Gasteiger partial charge in [0.2, 0.25) is 0 Å². The van der Waals surface area contributed by atoms with E-state index in [-0.39, 0.29) is 6.04 Å². The highest BCUT2D eigenvalue weighted by Crippen LogP contribution is 2.40. The fraction of sp³-hybridized carbons (Fsp3) is 0.450. The van der Waals surface area contributed by atoms with Gasteiger partial charge in [-0.3, -0.25) is 0 Å². The molecule has 0 spiro atoms. The highest BCUT2D eigenvalue weighted by Gasteiger charge is 2.38. The predicted molar refractivity (Wildman–Crippen MR) is 105 cm³/mol. The Hall–Kier alpha value is -2.71. The number of nitrogens with zero attached hydrogens (tertiary/aromatic N) is 4. The van der Waals surface area contributed by atoms with E-state index in [4.69, 9.17) is 29.7 Å². The van der Waals surface area contributed by atoms with Crippen molar-refractivity contribution in [1.82, 2.24) is 15.1 Å². The van der Waals surface area contributed by atoms with Crippen LogP contribution in [-0.2, 0) is 21.7 Å². The van der Waals surface area contributed by atoms with Crippen LogP contribution in [0.5, 0.6) is 0 Å². The summed E-state index contributed by atoms with van der Waals surface area (Å²) in [5.41, 5.74) is 8.85. The van der Waals surface area contributed by atoms with Crippen LogP contribution in [0.2, 0.25) is 0 Å². The van der Waals surface area contributed by atoms with Crippen molar-refractivity contribution >= 4 is 22.6 Å². The van der Waals surface area contributed by atoms with Gasteiger partial charge in [-0.1, -0.05) is 11.2 Å². The highest BCUT2D eigenvalue weighted by atomic mass is 16.5. The summed E-state index contributed by atoms with van der Waals surface area (Å²) in [6.45, 7) is 8.91. The smallest absolute Gasteiger partial charge is 0.174 e. The zero-order valence-corrected chi connectivity index (χ0v) is 16.2. The van der Waals surface area contributed by atoms with Crippen molar-refractivity contribution in [2.24, 2.45) is 0 Å². The first-order valence-electron chi connectivity index (χ1n) is 9.49. The van der Waals surface area contributed by atoms with Crippen LogP contribution in [0, 0.1) is 0 Å². The normalized spacial score (nSPS) is 21.2. The molecule has 146 valence electrons. The lowest BCUT2D eigenvalue weighted by Crippen LogP contribution is -2.44. The number of ether oxygens (including phenoxy) is 2. The maximum atomic E-state index is 6.04. The molecule has 0 unspecified atom stereocenters. The van der Waals surface area contributed by atoms with Gasteiger partial charge in [0.25, 0.3) is 0 Å². The van der Waals surface area contributed by atoms with E-state index in [0.29, 0.717) is 37.0 Å². The third-order valence-corrected chi connectivity index (χ3v) is 5.53. The Labute approximate surface area is 162 Å². The van der Waals surface area contributed by atoms with Crippen LogP contribution >= 0.6 is 0 Å². The molecule has 8 heteroatoms. The molecule has 1 aromatic carbocycles. The molecule has 1 saturated heterocycles. The Balaban J connectivity index is 1.68. The monoisotopic (exact) mass is 381 g/mol. The van der Waals surface area contributed by atoms with E-state index in [1.165, 1.54) is 0 Å². The maximum absolute atomic E-state index is 6.04. The molecule has 1 fully saturated rings. The minimum absolute atomic E-state index is 0.237. The number of anilines is 2. The summed E-state index contributed by atoms with van der Waals surface area (Å²) in [6.07, 6.45) is 0. The maximum Gasteiger partial charge on any atom is 0.174 e. The largest absolute Gasteiger partial charge is 0.380 e. The molecule has 28 heavy (non-hydrogen) atoms. The van der Waals surface area contributed by atoms with Crippen LogP contribution in [0.3, 0.4) is 0 Å². The lowest BCUT2D eigenvalue weighted by molar-refractivity contribution is -0.0100. The molecule has 2 N–H and O–H groups in total. The van der Waals surface area contributed by atoms with Gasteiger partial charge in [0.05, 0.1) is 36.9 Å². The zero-order chi connectivity index (χ0) is 19.5. The highest BCUT2D eigenvalue weighted by molar-refractivity contribution is 5.89. The molecule has 0 aliphatic carbocycles. The lowest BCUT2D eigenvalue weighted by Gasteiger charge is -2.35. The number of morpholine rings is 1. The van der Waals surface area contributed by atoms with Crippen molar-refractivity contribution < 1.29 is 14.0 Å². The molecule has 2 aliphatic heterocycles. The van der Waals surface area contributed by atoms with Crippen LogP contribution < -0.4 is 10.6 Å². The van der Waals surface area contributed by atoms with Gasteiger partial charge in [0.1, 0.15) is 11.4 Å². The topological polar surface area (TPSA) is 99.5 Å². The summed E-state index contributed by atoms with van der Waals surface area (Å²) in [6, 6.07) is 5.97. The molecule has 0 radical (unpaired) electrons. The van der Waals surface area contributed by atoms with Gasteiger partial charge in [0.15, 0.2) is 17.2 Å². The minimum atomic E-state index is -0.460. The van der Waals surface area contributed by atoms with Crippen molar-refractivity contribution in [3.05, 3.63) is 29.5 Å². The summed E-state index contributed by atoms with van der Waals surface area (Å²) in [5, 5.41) is 4.62. The fourth-order valence-electron chi connectivity index (χ4n) is 3.93. The van der Waals surface area contributed by atoms with E-state index in [1.54, 1.807) is 0 Å². The average Bonchev–Trinajstić information content (AvgIpc) is 3.21. The third-order valence-electron chi connectivity index (χ3n) is 5.53. The zero-order valence-electron chi connectivity index (χ0n) is 16.2. The molecule has 0 saturated carbocycles. The fourth-order valence-corrected chi connectivity index (χ4v) is 3.93. The van der Waals surface area contributed by atoms with E-state index in [0.717, 1.165) is 34.6 Å². The number of nitrogens with two attached hydrogens (primary N) is 1. The number of hydrogen-bond donors (Lipinski definition) is 1. The molecule has 3 aromatic rings. The van der Waals surface area contributed by atoms with E-state index < -0.39 is 5.60 Å². The van der Waals surface area contributed by atoms with Crippen molar-refractivity contribution in [2.75, 3.05) is 30.4 Å². The van der Waals surface area contributed by atoms with Crippen molar-refractivity contribution in [1.29, 1.82) is 0 Å². The number of nitrogen functional groups attached to an aromatic ring is 1. The number of benzene rings is 1.